The molecule has 0 aliphatic carbocycles. The number of carbonyl (C=O) groups excluding carboxylic acids is 1. The highest BCUT2D eigenvalue weighted by molar-refractivity contribution is 5.99. The molecule has 1 aromatic rings. The molecule has 1 amide bonds. The Kier molecular flexibility index (Phi) is 4.27. The van der Waals surface area contributed by atoms with Crippen molar-refractivity contribution < 1.29 is 14.6 Å². The van der Waals surface area contributed by atoms with E-state index < -0.39 is 0 Å². The van der Waals surface area contributed by atoms with Crippen LogP contribution in [0.15, 0.2) is 18.2 Å². The highest BCUT2D eigenvalue weighted by Gasteiger charge is 2.23. The van der Waals surface area contributed by atoms with Gasteiger partial charge in [0.05, 0.1) is 5.56 Å². The molecule has 0 aromatic heterocycles. The highest BCUT2D eigenvalue weighted by Crippen LogP contribution is 2.21. The largest absolute Gasteiger partial charge is 0.508 e. The molecule has 1 fully saturated rings. The minimum atomic E-state index is -0.243. The molecule has 0 radical (unpaired) electrons. The van der Waals surface area contributed by atoms with Crippen LogP contribution in [0.4, 0.5) is 5.69 Å². The fraction of sp³-hybridized carbons (Fsp3) is 0.500. The van der Waals surface area contributed by atoms with Crippen LogP contribution in [0.2, 0.25) is 0 Å². The molecule has 5 heteroatoms. The summed E-state index contributed by atoms with van der Waals surface area (Å²) in [6, 6.07) is 4.46. The van der Waals surface area contributed by atoms with Crippen LogP contribution in [-0.4, -0.2) is 30.3 Å². The molecule has 0 saturated carbocycles. The van der Waals surface area contributed by atoms with Crippen molar-refractivity contribution in [1.82, 2.24) is 5.32 Å². The third-order valence-electron chi connectivity index (χ3n) is 3.61. The van der Waals surface area contributed by atoms with Gasteiger partial charge in [0.1, 0.15) is 5.75 Å². The molecule has 1 aliphatic rings. The van der Waals surface area contributed by atoms with Crippen LogP contribution in [0.1, 0.15) is 30.1 Å². The van der Waals surface area contributed by atoms with E-state index in [0.717, 1.165) is 26.1 Å². The Bertz CT molecular complexity index is 456. The van der Waals surface area contributed by atoms with E-state index in [1.807, 2.05) is 6.92 Å². The van der Waals surface area contributed by atoms with Crippen LogP contribution in [0.25, 0.3) is 0 Å². The van der Waals surface area contributed by atoms with Crippen molar-refractivity contribution in [2.24, 2.45) is 5.92 Å². The van der Waals surface area contributed by atoms with E-state index in [1.165, 1.54) is 18.2 Å². The standard InChI is InChI=1S/C14H20N2O3/c1-9(10-4-6-19-7-5-10)16-14(18)12-8-11(17)2-3-13(12)15/h2-3,8-10,17H,4-7,15H2,1H3,(H,16,18). The summed E-state index contributed by atoms with van der Waals surface area (Å²) < 4.78 is 5.31. The van der Waals surface area contributed by atoms with Crippen molar-refractivity contribution in [3.8, 4) is 5.75 Å². The van der Waals surface area contributed by atoms with Crippen molar-refractivity contribution in [3.63, 3.8) is 0 Å². The Morgan fingerprint density at radius 1 is 1.47 bits per heavy atom. The molecule has 0 bridgehead atoms. The van der Waals surface area contributed by atoms with Gasteiger partial charge in [-0.1, -0.05) is 0 Å². The molecule has 19 heavy (non-hydrogen) atoms. The number of anilines is 1. The summed E-state index contributed by atoms with van der Waals surface area (Å²) in [5.74, 6) is 0.224. The third kappa shape index (κ3) is 3.38. The number of amides is 1. The molecule has 1 saturated heterocycles. The Hall–Kier alpha value is -1.75. The lowest BCUT2D eigenvalue weighted by Crippen LogP contribution is -2.40. The van der Waals surface area contributed by atoms with E-state index in [0.29, 0.717) is 17.2 Å². The van der Waals surface area contributed by atoms with Crippen molar-refractivity contribution in [2.75, 3.05) is 18.9 Å². The molecular weight excluding hydrogens is 244 g/mol. The molecule has 0 spiro atoms. The first-order valence-corrected chi connectivity index (χ1v) is 6.55. The fourth-order valence-corrected chi connectivity index (χ4v) is 2.36. The average Bonchev–Trinajstić information content (AvgIpc) is 2.42. The molecule has 1 unspecified atom stereocenters. The molecule has 1 aliphatic heterocycles. The quantitative estimate of drug-likeness (QED) is 0.571. The maximum absolute atomic E-state index is 12.1. The number of phenols is 1. The third-order valence-corrected chi connectivity index (χ3v) is 3.61. The molecule has 4 N–H and O–H groups in total. The van der Waals surface area contributed by atoms with E-state index in [2.05, 4.69) is 5.32 Å². The smallest absolute Gasteiger partial charge is 0.253 e. The second-order valence-electron chi connectivity index (χ2n) is 4.98. The van der Waals surface area contributed by atoms with E-state index in [9.17, 15) is 9.90 Å². The monoisotopic (exact) mass is 264 g/mol. The SMILES string of the molecule is CC(NC(=O)c1cc(O)ccc1N)C1CCOCC1. The first-order valence-electron chi connectivity index (χ1n) is 6.55. The van der Waals surface area contributed by atoms with Crippen LogP contribution in [-0.2, 0) is 4.74 Å². The van der Waals surface area contributed by atoms with Gasteiger partial charge in [-0.15, -0.1) is 0 Å². The second-order valence-corrected chi connectivity index (χ2v) is 4.98. The van der Waals surface area contributed by atoms with Crippen molar-refractivity contribution >= 4 is 11.6 Å². The summed E-state index contributed by atoms with van der Waals surface area (Å²) in [5, 5.41) is 12.4. The Morgan fingerprint density at radius 3 is 2.84 bits per heavy atom. The molecule has 2 rings (SSSR count). The van der Waals surface area contributed by atoms with Gasteiger partial charge >= 0.3 is 0 Å². The highest BCUT2D eigenvalue weighted by atomic mass is 16.5. The van der Waals surface area contributed by atoms with Gasteiger partial charge in [0, 0.05) is 24.9 Å². The predicted molar refractivity (Wildman–Crippen MR) is 73.0 cm³/mol. The van der Waals surface area contributed by atoms with Crippen LogP contribution < -0.4 is 11.1 Å². The van der Waals surface area contributed by atoms with Crippen LogP contribution in [0.5, 0.6) is 5.75 Å². The van der Waals surface area contributed by atoms with E-state index in [-0.39, 0.29) is 17.7 Å². The van der Waals surface area contributed by atoms with Crippen LogP contribution in [0, 0.1) is 5.92 Å². The second kappa shape index (κ2) is 5.93. The molecule has 1 heterocycles. The predicted octanol–water partition coefficient (Wildman–Crippen LogP) is 1.52. The van der Waals surface area contributed by atoms with Crippen LogP contribution >= 0.6 is 0 Å². The minimum absolute atomic E-state index is 0.0399. The maximum atomic E-state index is 12.1. The summed E-state index contributed by atoms with van der Waals surface area (Å²) in [5.41, 5.74) is 6.44. The van der Waals surface area contributed by atoms with E-state index in [4.69, 9.17) is 10.5 Å². The number of nitrogen functional groups attached to an aromatic ring is 1. The van der Waals surface area contributed by atoms with Gasteiger partial charge in [0.15, 0.2) is 0 Å². The zero-order valence-electron chi connectivity index (χ0n) is 11.1. The summed E-state index contributed by atoms with van der Waals surface area (Å²) in [7, 11) is 0. The molecule has 104 valence electrons. The van der Waals surface area contributed by atoms with Gasteiger partial charge in [-0.25, -0.2) is 0 Å². The molecule has 1 atom stereocenters. The molecular formula is C14H20N2O3. The fourth-order valence-electron chi connectivity index (χ4n) is 2.36. The normalized spacial score (nSPS) is 17.9. The minimum Gasteiger partial charge on any atom is -0.508 e. The van der Waals surface area contributed by atoms with Gasteiger partial charge in [-0.3, -0.25) is 4.79 Å². The van der Waals surface area contributed by atoms with Gasteiger partial charge in [0.25, 0.3) is 5.91 Å². The van der Waals surface area contributed by atoms with Gasteiger partial charge < -0.3 is 20.9 Å². The van der Waals surface area contributed by atoms with Crippen molar-refractivity contribution in [3.05, 3.63) is 23.8 Å². The number of phenolic OH excluding ortho intramolecular Hbond substituents is 1. The summed E-state index contributed by atoms with van der Waals surface area (Å²) in [4.78, 5) is 12.1. The topological polar surface area (TPSA) is 84.6 Å². The zero-order valence-corrected chi connectivity index (χ0v) is 11.1. The Balaban J connectivity index is 2.01. The van der Waals surface area contributed by atoms with Crippen molar-refractivity contribution in [2.45, 2.75) is 25.8 Å². The van der Waals surface area contributed by atoms with Crippen LogP contribution in [0.3, 0.4) is 0 Å². The lowest BCUT2D eigenvalue weighted by Gasteiger charge is -2.28. The number of hydrogen-bond donors (Lipinski definition) is 3. The Labute approximate surface area is 112 Å². The number of hydrogen-bond acceptors (Lipinski definition) is 4. The molecule has 5 nitrogen and oxygen atoms in total. The zero-order chi connectivity index (χ0) is 13.8. The number of aromatic hydroxyl groups is 1. The summed E-state index contributed by atoms with van der Waals surface area (Å²) >= 11 is 0. The number of nitrogens with two attached hydrogens (primary N) is 1. The number of carbonyl (C=O) groups is 1. The van der Waals surface area contributed by atoms with Gasteiger partial charge in [-0.2, -0.15) is 0 Å². The summed E-state index contributed by atoms with van der Waals surface area (Å²) in [6.45, 7) is 3.49. The van der Waals surface area contributed by atoms with Gasteiger partial charge in [0.2, 0.25) is 0 Å². The average molecular weight is 264 g/mol. The molecule has 1 aromatic carbocycles. The lowest BCUT2D eigenvalue weighted by molar-refractivity contribution is 0.0538. The number of benzene rings is 1. The van der Waals surface area contributed by atoms with Gasteiger partial charge in [-0.05, 0) is 43.9 Å². The Morgan fingerprint density at radius 2 is 2.16 bits per heavy atom. The van der Waals surface area contributed by atoms with Crippen molar-refractivity contribution in [1.29, 1.82) is 0 Å². The number of ether oxygens (including phenoxy) is 1. The van der Waals surface area contributed by atoms with E-state index in [1.54, 1.807) is 0 Å². The maximum Gasteiger partial charge on any atom is 0.253 e. The number of nitrogens with one attached hydrogen (secondary N) is 1. The summed E-state index contributed by atoms with van der Waals surface area (Å²) in [6.07, 6.45) is 1.91. The van der Waals surface area contributed by atoms with E-state index >= 15 is 0 Å². The first kappa shape index (κ1) is 13.7. The first-order chi connectivity index (χ1) is 9.08. The number of rotatable bonds is 3. The lowest BCUT2D eigenvalue weighted by atomic mass is 9.92.